The van der Waals surface area contributed by atoms with Crippen molar-refractivity contribution < 1.29 is 23.0 Å². The number of halogens is 2. The number of nitrogens with one attached hydrogen (secondary N) is 1. The van der Waals surface area contributed by atoms with Crippen molar-refractivity contribution in [1.82, 2.24) is 10.3 Å². The molecule has 1 N–H and O–H groups in total. The lowest BCUT2D eigenvalue weighted by Gasteiger charge is -2.23. The standard InChI is InChI=1S/C14H18F2N2O3/c1-20-14(19)11-6-10(13(15)16)12(7-18-11)21-8-9-2-4-17-5-3-9/h6-7,9,13,17H,2-5,8H2,1H3. The van der Waals surface area contributed by atoms with E-state index in [1.165, 1.54) is 7.11 Å². The second-order valence-electron chi connectivity index (χ2n) is 4.90. The summed E-state index contributed by atoms with van der Waals surface area (Å²) in [5.74, 6) is -0.380. The quantitative estimate of drug-likeness (QED) is 0.845. The molecule has 1 aliphatic heterocycles. The van der Waals surface area contributed by atoms with E-state index in [9.17, 15) is 13.6 Å². The fourth-order valence-corrected chi connectivity index (χ4v) is 2.22. The van der Waals surface area contributed by atoms with Gasteiger partial charge >= 0.3 is 5.97 Å². The maximum Gasteiger partial charge on any atom is 0.356 e. The van der Waals surface area contributed by atoms with E-state index in [4.69, 9.17) is 4.74 Å². The molecular formula is C14H18F2N2O3. The fraction of sp³-hybridized carbons (Fsp3) is 0.571. The Hall–Kier alpha value is -1.76. The summed E-state index contributed by atoms with van der Waals surface area (Å²) in [5.41, 5.74) is -0.485. The number of hydrogen-bond donors (Lipinski definition) is 1. The molecule has 0 unspecified atom stereocenters. The molecule has 0 bridgehead atoms. The summed E-state index contributed by atoms with van der Waals surface area (Å²) in [7, 11) is 1.17. The molecule has 0 aromatic carbocycles. The van der Waals surface area contributed by atoms with Gasteiger partial charge in [-0.05, 0) is 37.9 Å². The molecule has 0 amide bonds. The lowest BCUT2D eigenvalue weighted by molar-refractivity contribution is 0.0593. The summed E-state index contributed by atoms with van der Waals surface area (Å²) in [4.78, 5) is 15.1. The van der Waals surface area contributed by atoms with Crippen LogP contribution in [-0.2, 0) is 4.74 Å². The maximum atomic E-state index is 13.1. The molecule has 0 radical (unpaired) electrons. The van der Waals surface area contributed by atoms with Gasteiger partial charge in [0.25, 0.3) is 6.43 Å². The number of methoxy groups -OCH3 is 1. The Bertz CT molecular complexity index is 491. The highest BCUT2D eigenvalue weighted by Gasteiger charge is 2.20. The Balaban J connectivity index is 2.08. The lowest BCUT2D eigenvalue weighted by Crippen LogP contribution is -2.30. The van der Waals surface area contributed by atoms with Crippen LogP contribution in [0, 0.1) is 5.92 Å². The van der Waals surface area contributed by atoms with E-state index in [0.717, 1.165) is 38.2 Å². The van der Waals surface area contributed by atoms with Gasteiger partial charge in [0.1, 0.15) is 11.4 Å². The number of rotatable bonds is 5. The van der Waals surface area contributed by atoms with Crippen LogP contribution in [0.2, 0.25) is 0 Å². The Morgan fingerprint density at radius 2 is 2.19 bits per heavy atom. The second-order valence-corrected chi connectivity index (χ2v) is 4.90. The number of piperidine rings is 1. The first-order valence-corrected chi connectivity index (χ1v) is 6.81. The number of aromatic nitrogens is 1. The van der Waals surface area contributed by atoms with Gasteiger partial charge in [0.15, 0.2) is 0 Å². The fourth-order valence-electron chi connectivity index (χ4n) is 2.22. The predicted octanol–water partition coefficient (Wildman–Crippen LogP) is 2.18. The first kappa shape index (κ1) is 15.6. The molecule has 2 heterocycles. The van der Waals surface area contributed by atoms with Gasteiger partial charge in [-0.1, -0.05) is 0 Å². The maximum absolute atomic E-state index is 13.1. The van der Waals surface area contributed by atoms with Crippen molar-refractivity contribution in [1.29, 1.82) is 0 Å². The molecule has 1 saturated heterocycles. The number of carbonyl (C=O) groups is 1. The molecule has 0 aliphatic carbocycles. The zero-order chi connectivity index (χ0) is 15.2. The Kier molecular flexibility index (Phi) is 5.44. The highest BCUT2D eigenvalue weighted by molar-refractivity contribution is 5.87. The summed E-state index contributed by atoms with van der Waals surface area (Å²) in [5, 5.41) is 3.23. The van der Waals surface area contributed by atoms with Crippen molar-refractivity contribution in [2.45, 2.75) is 19.3 Å². The van der Waals surface area contributed by atoms with E-state index in [0.29, 0.717) is 12.5 Å². The van der Waals surface area contributed by atoms with Crippen LogP contribution in [0.1, 0.15) is 35.3 Å². The molecule has 5 nitrogen and oxygen atoms in total. The molecule has 1 aliphatic rings. The summed E-state index contributed by atoms with van der Waals surface area (Å²) in [6.45, 7) is 2.20. The average Bonchev–Trinajstić information content (AvgIpc) is 2.52. The largest absolute Gasteiger partial charge is 0.491 e. The molecule has 1 fully saturated rings. The molecular weight excluding hydrogens is 282 g/mol. The summed E-state index contributed by atoms with van der Waals surface area (Å²) < 4.78 is 36.1. The van der Waals surface area contributed by atoms with Gasteiger partial charge in [0.05, 0.1) is 25.5 Å². The Morgan fingerprint density at radius 1 is 1.48 bits per heavy atom. The van der Waals surface area contributed by atoms with Gasteiger partial charge in [0.2, 0.25) is 0 Å². The van der Waals surface area contributed by atoms with Crippen molar-refractivity contribution in [2.75, 3.05) is 26.8 Å². The van der Waals surface area contributed by atoms with Crippen LogP contribution in [0.15, 0.2) is 12.3 Å². The van der Waals surface area contributed by atoms with Crippen molar-refractivity contribution >= 4 is 5.97 Å². The number of ether oxygens (including phenoxy) is 2. The summed E-state index contributed by atoms with van der Waals surface area (Å²) in [6, 6.07) is 1.02. The first-order chi connectivity index (χ1) is 10.1. The van der Waals surface area contributed by atoms with E-state index in [-0.39, 0.29) is 17.0 Å². The molecule has 2 rings (SSSR count). The van der Waals surface area contributed by atoms with E-state index in [1.54, 1.807) is 0 Å². The van der Waals surface area contributed by atoms with E-state index < -0.39 is 12.4 Å². The van der Waals surface area contributed by atoms with E-state index in [2.05, 4.69) is 15.0 Å². The molecule has 21 heavy (non-hydrogen) atoms. The van der Waals surface area contributed by atoms with Crippen LogP contribution in [0.3, 0.4) is 0 Å². The number of alkyl halides is 2. The smallest absolute Gasteiger partial charge is 0.356 e. The monoisotopic (exact) mass is 300 g/mol. The minimum atomic E-state index is -2.74. The molecule has 1 aromatic heterocycles. The van der Waals surface area contributed by atoms with Gasteiger partial charge in [-0.3, -0.25) is 0 Å². The molecule has 0 atom stereocenters. The molecule has 7 heteroatoms. The van der Waals surface area contributed by atoms with E-state index in [1.807, 2.05) is 0 Å². The van der Waals surface area contributed by atoms with Crippen LogP contribution < -0.4 is 10.1 Å². The van der Waals surface area contributed by atoms with E-state index >= 15 is 0 Å². The molecule has 116 valence electrons. The van der Waals surface area contributed by atoms with Crippen molar-refractivity contribution in [2.24, 2.45) is 5.92 Å². The Labute approximate surface area is 121 Å². The first-order valence-electron chi connectivity index (χ1n) is 6.81. The molecule has 0 saturated carbocycles. The number of hydrogen-bond acceptors (Lipinski definition) is 5. The highest BCUT2D eigenvalue weighted by Crippen LogP contribution is 2.29. The van der Waals surface area contributed by atoms with Crippen molar-refractivity contribution in [3.63, 3.8) is 0 Å². The normalized spacial score (nSPS) is 16.0. The van der Waals surface area contributed by atoms with Crippen molar-refractivity contribution in [3.8, 4) is 5.75 Å². The number of pyridine rings is 1. The second kappa shape index (κ2) is 7.31. The number of nitrogens with zero attached hydrogens (tertiary/aromatic N) is 1. The van der Waals surface area contributed by atoms with Gasteiger partial charge in [0, 0.05) is 0 Å². The topological polar surface area (TPSA) is 60.5 Å². The van der Waals surface area contributed by atoms with Gasteiger partial charge in [-0.25, -0.2) is 18.6 Å². The average molecular weight is 300 g/mol. The van der Waals surface area contributed by atoms with Gasteiger partial charge in [-0.15, -0.1) is 0 Å². The van der Waals surface area contributed by atoms with Crippen molar-refractivity contribution in [3.05, 3.63) is 23.5 Å². The predicted molar refractivity (Wildman–Crippen MR) is 71.6 cm³/mol. The minimum Gasteiger partial charge on any atom is -0.491 e. The van der Waals surface area contributed by atoms with Crippen LogP contribution in [0.25, 0.3) is 0 Å². The number of carbonyl (C=O) groups excluding carboxylic acids is 1. The number of esters is 1. The summed E-state index contributed by atoms with van der Waals surface area (Å²) >= 11 is 0. The zero-order valence-electron chi connectivity index (χ0n) is 11.8. The molecule has 0 spiro atoms. The van der Waals surface area contributed by atoms with Crippen LogP contribution in [0.4, 0.5) is 8.78 Å². The van der Waals surface area contributed by atoms with Crippen LogP contribution in [0.5, 0.6) is 5.75 Å². The third kappa shape index (κ3) is 4.10. The third-order valence-electron chi connectivity index (χ3n) is 3.46. The summed E-state index contributed by atoms with van der Waals surface area (Å²) in [6.07, 6.45) is 0.337. The van der Waals surface area contributed by atoms with Gasteiger partial charge in [-0.2, -0.15) is 0 Å². The highest BCUT2D eigenvalue weighted by atomic mass is 19.3. The SMILES string of the molecule is COC(=O)c1cc(C(F)F)c(OCC2CCNCC2)cn1. The zero-order valence-corrected chi connectivity index (χ0v) is 11.8. The lowest BCUT2D eigenvalue weighted by atomic mass is 9.99. The van der Waals surface area contributed by atoms with Crippen LogP contribution in [-0.4, -0.2) is 37.8 Å². The molecule has 1 aromatic rings. The Morgan fingerprint density at radius 3 is 2.81 bits per heavy atom. The van der Waals surface area contributed by atoms with Gasteiger partial charge < -0.3 is 14.8 Å². The third-order valence-corrected chi connectivity index (χ3v) is 3.46. The minimum absolute atomic E-state index is 0.0242. The van der Waals surface area contributed by atoms with Crippen LogP contribution >= 0.6 is 0 Å².